The van der Waals surface area contributed by atoms with E-state index in [4.69, 9.17) is 22.1 Å². The molecule has 3 aromatic rings. The Hall–Kier alpha value is -3.02. The molecule has 2 N–H and O–H groups in total. The molecule has 1 aromatic heterocycles. The second kappa shape index (κ2) is 7.31. The molecule has 0 atom stereocenters. The highest BCUT2D eigenvalue weighted by Crippen LogP contribution is 2.31. The SMILES string of the molecule is NCC1=NCC(=O)c2ccc(-c3cncc(Oc4ccccc4Cl)c3)cc21. The summed E-state index contributed by atoms with van der Waals surface area (Å²) in [6.07, 6.45) is 3.37. The lowest BCUT2D eigenvalue weighted by Gasteiger charge is -2.16. The van der Waals surface area contributed by atoms with Gasteiger partial charge in [0.1, 0.15) is 18.0 Å². The van der Waals surface area contributed by atoms with Gasteiger partial charge in [0.2, 0.25) is 0 Å². The third-order valence-electron chi connectivity index (χ3n) is 4.35. The molecule has 0 saturated heterocycles. The van der Waals surface area contributed by atoms with Crippen LogP contribution in [0.25, 0.3) is 11.1 Å². The summed E-state index contributed by atoms with van der Waals surface area (Å²) < 4.78 is 5.85. The van der Waals surface area contributed by atoms with Gasteiger partial charge in [0, 0.05) is 29.4 Å². The maximum Gasteiger partial charge on any atom is 0.184 e. The number of aromatic nitrogens is 1. The van der Waals surface area contributed by atoms with Crippen molar-refractivity contribution < 1.29 is 9.53 Å². The molecule has 5 nitrogen and oxygen atoms in total. The van der Waals surface area contributed by atoms with Gasteiger partial charge in [0.05, 0.1) is 16.9 Å². The molecule has 0 bridgehead atoms. The molecule has 0 fully saturated rings. The lowest BCUT2D eigenvalue weighted by Crippen LogP contribution is -2.24. The Labute approximate surface area is 161 Å². The number of rotatable bonds is 4. The van der Waals surface area contributed by atoms with Crippen LogP contribution in [0, 0.1) is 0 Å². The number of para-hydroxylation sites is 1. The van der Waals surface area contributed by atoms with Gasteiger partial charge in [-0.25, -0.2) is 0 Å². The molecule has 0 amide bonds. The average molecular weight is 378 g/mol. The fourth-order valence-electron chi connectivity index (χ4n) is 3.00. The zero-order valence-electron chi connectivity index (χ0n) is 14.4. The fraction of sp³-hybridized carbons (Fsp3) is 0.0952. The molecular formula is C21H16ClN3O2. The number of benzene rings is 2. The standard InChI is InChI=1S/C21H16ClN3O2/c22-18-3-1-2-4-21(18)27-15-7-14(10-24-11-15)13-5-6-16-17(8-13)19(9-23)25-12-20(16)26/h1-8,10-11H,9,12,23H2. The van der Waals surface area contributed by atoms with Crippen molar-refractivity contribution >= 4 is 23.1 Å². The van der Waals surface area contributed by atoms with Crippen LogP contribution < -0.4 is 10.5 Å². The van der Waals surface area contributed by atoms with Crippen molar-refractivity contribution in [1.82, 2.24) is 4.98 Å². The highest BCUT2D eigenvalue weighted by Gasteiger charge is 2.20. The quantitative estimate of drug-likeness (QED) is 0.741. The van der Waals surface area contributed by atoms with Gasteiger partial charge < -0.3 is 10.5 Å². The second-order valence-corrected chi connectivity index (χ2v) is 6.50. The predicted octanol–water partition coefficient (Wildman–Crippen LogP) is 4.14. The van der Waals surface area contributed by atoms with Crippen LogP contribution in [-0.2, 0) is 0 Å². The first-order valence-corrected chi connectivity index (χ1v) is 8.82. The molecule has 6 heteroatoms. The third-order valence-corrected chi connectivity index (χ3v) is 4.66. The van der Waals surface area contributed by atoms with E-state index in [1.807, 2.05) is 36.4 Å². The lowest BCUT2D eigenvalue weighted by molar-refractivity contribution is 0.1000. The lowest BCUT2D eigenvalue weighted by atomic mass is 9.93. The van der Waals surface area contributed by atoms with E-state index < -0.39 is 0 Å². The zero-order chi connectivity index (χ0) is 18.8. The Morgan fingerprint density at radius 1 is 1.04 bits per heavy atom. The summed E-state index contributed by atoms with van der Waals surface area (Å²) in [4.78, 5) is 20.6. The van der Waals surface area contributed by atoms with Crippen LogP contribution in [0.4, 0.5) is 0 Å². The maximum absolute atomic E-state index is 12.1. The van der Waals surface area contributed by atoms with Gasteiger partial charge >= 0.3 is 0 Å². The Morgan fingerprint density at radius 2 is 1.89 bits per heavy atom. The molecule has 0 aliphatic carbocycles. The van der Waals surface area contributed by atoms with E-state index in [0.29, 0.717) is 22.1 Å². The Bertz CT molecular complexity index is 1060. The monoisotopic (exact) mass is 377 g/mol. The maximum atomic E-state index is 12.1. The van der Waals surface area contributed by atoms with Gasteiger partial charge in [-0.15, -0.1) is 0 Å². The first-order valence-electron chi connectivity index (χ1n) is 8.44. The molecule has 1 aliphatic heterocycles. The number of ketones is 1. The summed E-state index contributed by atoms with van der Waals surface area (Å²) in [6.45, 7) is 0.444. The number of ether oxygens (including phenoxy) is 1. The summed E-state index contributed by atoms with van der Waals surface area (Å²) in [5.74, 6) is 1.14. The smallest absolute Gasteiger partial charge is 0.184 e. The van der Waals surface area contributed by atoms with Crippen molar-refractivity contribution in [2.45, 2.75) is 0 Å². The van der Waals surface area contributed by atoms with Crippen LogP contribution in [0.15, 0.2) is 65.9 Å². The van der Waals surface area contributed by atoms with Crippen molar-refractivity contribution in [2.75, 3.05) is 13.1 Å². The van der Waals surface area contributed by atoms with E-state index in [0.717, 1.165) is 22.4 Å². The summed E-state index contributed by atoms with van der Waals surface area (Å²) in [5, 5.41) is 0.527. The normalized spacial score (nSPS) is 13.1. The topological polar surface area (TPSA) is 77.6 Å². The van der Waals surface area contributed by atoms with E-state index in [9.17, 15) is 4.79 Å². The molecule has 2 aromatic carbocycles. The largest absolute Gasteiger partial charge is 0.454 e. The number of carbonyl (C=O) groups is 1. The highest BCUT2D eigenvalue weighted by atomic mass is 35.5. The predicted molar refractivity (Wildman–Crippen MR) is 106 cm³/mol. The Balaban J connectivity index is 1.70. The first-order chi connectivity index (χ1) is 13.2. The minimum absolute atomic E-state index is 0.00248. The zero-order valence-corrected chi connectivity index (χ0v) is 15.1. The summed E-state index contributed by atoms with van der Waals surface area (Å²) in [5.41, 5.74) is 9.73. The number of fused-ring (bicyclic) bond motifs is 1. The molecular weight excluding hydrogens is 362 g/mol. The highest BCUT2D eigenvalue weighted by molar-refractivity contribution is 6.32. The van der Waals surface area contributed by atoms with E-state index >= 15 is 0 Å². The summed E-state index contributed by atoms with van der Waals surface area (Å²) >= 11 is 6.15. The number of Topliss-reactive ketones (excluding diaryl/α,β-unsaturated/α-hetero) is 1. The van der Waals surface area contributed by atoms with Gasteiger partial charge in [0.15, 0.2) is 5.78 Å². The Morgan fingerprint density at radius 3 is 2.70 bits per heavy atom. The molecule has 1 aliphatic rings. The molecule has 0 spiro atoms. The summed E-state index contributed by atoms with van der Waals surface area (Å²) in [7, 11) is 0. The molecule has 4 rings (SSSR count). The number of carbonyl (C=O) groups excluding carboxylic acids is 1. The van der Waals surface area contributed by atoms with Gasteiger partial charge in [-0.05, 0) is 29.8 Å². The van der Waals surface area contributed by atoms with Gasteiger partial charge in [-0.1, -0.05) is 35.9 Å². The molecule has 0 saturated carbocycles. The van der Waals surface area contributed by atoms with Crippen LogP contribution in [-0.4, -0.2) is 29.6 Å². The van der Waals surface area contributed by atoms with E-state index in [1.165, 1.54) is 0 Å². The summed E-state index contributed by atoms with van der Waals surface area (Å²) in [6, 6.07) is 14.8. The van der Waals surface area contributed by atoms with E-state index in [2.05, 4.69) is 9.98 Å². The molecule has 134 valence electrons. The minimum Gasteiger partial charge on any atom is -0.454 e. The number of nitrogens with zero attached hydrogens (tertiary/aromatic N) is 2. The number of hydrogen-bond donors (Lipinski definition) is 1. The Kier molecular flexibility index (Phi) is 4.71. The van der Waals surface area contributed by atoms with Crippen molar-refractivity contribution in [2.24, 2.45) is 10.7 Å². The first kappa shape index (κ1) is 17.4. The number of pyridine rings is 1. The van der Waals surface area contributed by atoms with Gasteiger partial charge in [-0.2, -0.15) is 0 Å². The van der Waals surface area contributed by atoms with E-state index in [-0.39, 0.29) is 18.9 Å². The van der Waals surface area contributed by atoms with Crippen LogP contribution in [0.1, 0.15) is 15.9 Å². The van der Waals surface area contributed by atoms with Crippen molar-refractivity contribution in [3.05, 3.63) is 77.1 Å². The van der Waals surface area contributed by atoms with Crippen molar-refractivity contribution in [3.63, 3.8) is 0 Å². The van der Waals surface area contributed by atoms with Gasteiger partial charge in [-0.3, -0.25) is 14.8 Å². The van der Waals surface area contributed by atoms with Crippen molar-refractivity contribution in [3.8, 4) is 22.6 Å². The number of halogens is 1. The minimum atomic E-state index is 0.00248. The molecule has 27 heavy (non-hydrogen) atoms. The van der Waals surface area contributed by atoms with E-state index in [1.54, 1.807) is 24.5 Å². The molecule has 0 unspecified atom stereocenters. The molecule has 2 heterocycles. The number of aliphatic imine (C=N–C) groups is 1. The van der Waals surface area contributed by atoms with Crippen LogP contribution in [0.2, 0.25) is 5.02 Å². The van der Waals surface area contributed by atoms with Crippen LogP contribution in [0.5, 0.6) is 11.5 Å². The molecule has 0 radical (unpaired) electrons. The van der Waals surface area contributed by atoms with Crippen molar-refractivity contribution in [1.29, 1.82) is 0 Å². The van der Waals surface area contributed by atoms with Crippen LogP contribution >= 0.6 is 11.6 Å². The second-order valence-electron chi connectivity index (χ2n) is 6.09. The average Bonchev–Trinajstić information content (AvgIpc) is 2.70. The van der Waals surface area contributed by atoms with Gasteiger partial charge in [0.25, 0.3) is 0 Å². The fourth-order valence-corrected chi connectivity index (χ4v) is 3.18. The van der Waals surface area contributed by atoms with Crippen LogP contribution in [0.3, 0.4) is 0 Å². The number of hydrogen-bond acceptors (Lipinski definition) is 5. The number of nitrogens with two attached hydrogens (primary N) is 1. The third kappa shape index (κ3) is 3.47.